The van der Waals surface area contributed by atoms with Crippen LogP contribution in [-0.4, -0.2) is 4.57 Å². The summed E-state index contributed by atoms with van der Waals surface area (Å²) in [5.41, 5.74) is 6.13. The van der Waals surface area contributed by atoms with E-state index in [-0.39, 0.29) is 0 Å². The van der Waals surface area contributed by atoms with Gasteiger partial charge in [0, 0.05) is 21.7 Å². The summed E-state index contributed by atoms with van der Waals surface area (Å²) in [6.45, 7) is 0. The Balaban J connectivity index is 1.49. The smallest absolute Gasteiger partial charge is 0.0626 e. The lowest BCUT2D eigenvalue weighted by Crippen LogP contribution is -1.98. The van der Waals surface area contributed by atoms with Crippen LogP contribution in [0.5, 0.6) is 0 Å². The van der Waals surface area contributed by atoms with Crippen LogP contribution < -0.4 is 0 Å². The molecule has 0 saturated carbocycles. The van der Waals surface area contributed by atoms with E-state index in [4.69, 9.17) is 0 Å². The molecule has 0 saturated heterocycles. The summed E-state index contributed by atoms with van der Waals surface area (Å²) in [6.07, 6.45) is 0. The number of aromatic nitrogens is 1. The van der Waals surface area contributed by atoms with Crippen LogP contribution in [0.15, 0.2) is 152 Å². The minimum absolute atomic E-state index is 1.19. The molecule has 9 rings (SSSR count). The maximum atomic E-state index is 2.51. The number of hydrogen-bond donors (Lipinski definition) is 0. The topological polar surface area (TPSA) is 4.93 Å². The van der Waals surface area contributed by atoms with Gasteiger partial charge >= 0.3 is 0 Å². The van der Waals surface area contributed by atoms with E-state index in [0.717, 1.165) is 0 Å². The van der Waals surface area contributed by atoms with E-state index in [1.807, 2.05) is 0 Å². The average molecular weight is 520 g/mol. The fraction of sp³-hybridized carbons (Fsp3) is 0. The lowest BCUT2D eigenvalue weighted by Gasteiger charge is -2.16. The van der Waals surface area contributed by atoms with Crippen LogP contribution in [0, 0.1) is 0 Å². The summed E-state index contributed by atoms with van der Waals surface area (Å²) < 4.78 is 2.51. The second kappa shape index (κ2) is 8.55. The van der Waals surface area contributed by atoms with Crippen molar-refractivity contribution >= 4 is 64.9 Å². The van der Waals surface area contributed by atoms with Crippen molar-refractivity contribution in [3.63, 3.8) is 0 Å². The summed E-state index contributed by atoms with van der Waals surface area (Å²) in [4.78, 5) is 0. The molecule has 8 aromatic carbocycles. The van der Waals surface area contributed by atoms with E-state index in [9.17, 15) is 0 Å². The first kappa shape index (κ1) is 22.4. The first-order valence-electron chi connectivity index (χ1n) is 14.2. The molecule has 0 atom stereocenters. The highest BCUT2D eigenvalue weighted by atomic mass is 15.0. The predicted molar refractivity (Wildman–Crippen MR) is 176 cm³/mol. The Bertz CT molecular complexity index is 2480. The minimum Gasteiger partial charge on any atom is -0.308 e. The van der Waals surface area contributed by atoms with Gasteiger partial charge in [-0.15, -0.1) is 0 Å². The molecule has 0 aliphatic heterocycles. The Morgan fingerprint density at radius 3 is 1.88 bits per heavy atom. The van der Waals surface area contributed by atoms with Crippen LogP contribution in [0.4, 0.5) is 0 Å². The summed E-state index contributed by atoms with van der Waals surface area (Å²) in [7, 11) is 0. The first-order chi connectivity index (χ1) is 20.4. The van der Waals surface area contributed by atoms with E-state index in [1.165, 1.54) is 81.7 Å². The SMILES string of the molecule is c1ccc(-n2c3ccccc3c3c4ccc5ccccc5c4c4ccccc4c32)c(-c2ccc3ccccc3c2)c1. The van der Waals surface area contributed by atoms with E-state index in [1.54, 1.807) is 0 Å². The van der Waals surface area contributed by atoms with E-state index in [0.29, 0.717) is 0 Å². The van der Waals surface area contributed by atoms with Gasteiger partial charge in [0.25, 0.3) is 0 Å². The van der Waals surface area contributed by atoms with Crippen LogP contribution in [0.2, 0.25) is 0 Å². The summed E-state index contributed by atoms with van der Waals surface area (Å²) in [6, 6.07) is 55.5. The van der Waals surface area contributed by atoms with E-state index >= 15 is 0 Å². The van der Waals surface area contributed by atoms with Crippen LogP contribution in [0.1, 0.15) is 0 Å². The minimum atomic E-state index is 1.19. The number of hydrogen-bond acceptors (Lipinski definition) is 0. The highest BCUT2D eigenvalue weighted by molar-refractivity contribution is 6.36. The van der Waals surface area contributed by atoms with E-state index in [2.05, 4.69) is 156 Å². The molecular formula is C40H25N. The second-order valence-corrected chi connectivity index (χ2v) is 10.9. The molecule has 1 aromatic heterocycles. The molecule has 0 fully saturated rings. The van der Waals surface area contributed by atoms with Gasteiger partial charge in [0.15, 0.2) is 0 Å². The number of fused-ring (bicyclic) bond motifs is 11. The maximum Gasteiger partial charge on any atom is 0.0626 e. The van der Waals surface area contributed by atoms with Crippen molar-refractivity contribution in [3.8, 4) is 16.8 Å². The number of benzene rings is 8. The Kier molecular flexibility index (Phi) is 4.67. The molecule has 1 heterocycles. The Hall–Kier alpha value is -5.40. The lowest BCUT2D eigenvalue weighted by atomic mass is 9.93. The molecule has 190 valence electrons. The van der Waals surface area contributed by atoms with Gasteiger partial charge in [-0.2, -0.15) is 0 Å². The van der Waals surface area contributed by atoms with Crippen LogP contribution >= 0.6 is 0 Å². The number of para-hydroxylation sites is 2. The summed E-state index contributed by atoms with van der Waals surface area (Å²) in [5.74, 6) is 0. The van der Waals surface area contributed by atoms with Crippen molar-refractivity contribution in [1.82, 2.24) is 4.57 Å². The molecule has 0 spiro atoms. The fourth-order valence-corrected chi connectivity index (χ4v) is 6.97. The van der Waals surface area contributed by atoms with Gasteiger partial charge in [0.2, 0.25) is 0 Å². The third kappa shape index (κ3) is 3.18. The molecule has 0 aliphatic rings. The van der Waals surface area contributed by atoms with Gasteiger partial charge in [-0.3, -0.25) is 0 Å². The van der Waals surface area contributed by atoms with Gasteiger partial charge in [0.1, 0.15) is 0 Å². The van der Waals surface area contributed by atoms with Crippen LogP contribution in [0.25, 0.3) is 81.7 Å². The molecule has 0 radical (unpaired) electrons. The zero-order valence-corrected chi connectivity index (χ0v) is 22.4. The molecular weight excluding hydrogens is 494 g/mol. The molecule has 0 aliphatic carbocycles. The average Bonchev–Trinajstić information content (AvgIpc) is 3.40. The lowest BCUT2D eigenvalue weighted by molar-refractivity contribution is 1.19. The van der Waals surface area contributed by atoms with E-state index < -0.39 is 0 Å². The zero-order valence-electron chi connectivity index (χ0n) is 22.4. The molecule has 41 heavy (non-hydrogen) atoms. The van der Waals surface area contributed by atoms with Crippen molar-refractivity contribution in [2.45, 2.75) is 0 Å². The van der Waals surface area contributed by atoms with Gasteiger partial charge in [0.05, 0.1) is 16.7 Å². The molecule has 1 heteroatoms. The van der Waals surface area contributed by atoms with Crippen LogP contribution in [-0.2, 0) is 0 Å². The summed E-state index contributed by atoms with van der Waals surface area (Å²) >= 11 is 0. The molecule has 1 nitrogen and oxygen atoms in total. The quantitative estimate of drug-likeness (QED) is 0.200. The highest BCUT2D eigenvalue weighted by Crippen LogP contribution is 2.45. The predicted octanol–water partition coefficient (Wildman–Crippen LogP) is 11.1. The van der Waals surface area contributed by atoms with Gasteiger partial charge in [-0.1, -0.05) is 133 Å². The molecule has 0 bridgehead atoms. The molecule has 0 N–H and O–H groups in total. The fourth-order valence-electron chi connectivity index (χ4n) is 6.97. The van der Waals surface area contributed by atoms with Gasteiger partial charge in [-0.25, -0.2) is 0 Å². The largest absolute Gasteiger partial charge is 0.308 e. The Morgan fingerprint density at radius 2 is 1.00 bits per heavy atom. The maximum absolute atomic E-state index is 2.51. The third-order valence-electron chi connectivity index (χ3n) is 8.73. The first-order valence-corrected chi connectivity index (χ1v) is 14.2. The number of nitrogens with zero attached hydrogens (tertiary/aromatic N) is 1. The molecule has 0 unspecified atom stereocenters. The zero-order chi connectivity index (χ0) is 26.9. The van der Waals surface area contributed by atoms with Crippen molar-refractivity contribution in [2.75, 3.05) is 0 Å². The standard InChI is InChI=1S/C40H25N/c1-2-13-28-25-29(22-21-26(28)11-1)30-14-7-9-19-36(30)41-37-20-10-8-18-34(37)39-35-24-23-27-12-3-4-15-31(27)38(35)32-16-5-6-17-33(32)40(39)41/h1-25H. The van der Waals surface area contributed by atoms with Crippen LogP contribution in [0.3, 0.4) is 0 Å². The van der Waals surface area contributed by atoms with Gasteiger partial charge in [-0.05, 0) is 61.5 Å². The normalized spacial score (nSPS) is 11.9. The van der Waals surface area contributed by atoms with Crippen molar-refractivity contribution in [1.29, 1.82) is 0 Å². The summed E-state index contributed by atoms with van der Waals surface area (Å²) in [5, 5.41) is 12.9. The van der Waals surface area contributed by atoms with Crippen molar-refractivity contribution in [2.24, 2.45) is 0 Å². The van der Waals surface area contributed by atoms with Gasteiger partial charge < -0.3 is 4.57 Å². The second-order valence-electron chi connectivity index (χ2n) is 10.9. The number of rotatable bonds is 2. The van der Waals surface area contributed by atoms with Crippen molar-refractivity contribution in [3.05, 3.63) is 152 Å². The molecule has 0 amide bonds. The van der Waals surface area contributed by atoms with Crippen molar-refractivity contribution < 1.29 is 0 Å². The Labute approximate surface area is 237 Å². The Morgan fingerprint density at radius 1 is 0.366 bits per heavy atom. The monoisotopic (exact) mass is 519 g/mol. The highest BCUT2D eigenvalue weighted by Gasteiger charge is 2.21. The third-order valence-corrected chi connectivity index (χ3v) is 8.73. The molecule has 9 aromatic rings.